The first kappa shape index (κ1) is 14.8. The molecule has 0 saturated carbocycles. The van der Waals surface area contributed by atoms with Crippen molar-refractivity contribution in [3.05, 3.63) is 64.7 Å². The van der Waals surface area contributed by atoms with Crippen LogP contribution < -0.4 is 5.32 Å². The van der Waals surface area contributed by atoms with E-state index in [4.69, 9.17) is 5.21 Å². The number of oxime groups is 1. The molecule has 2 aromatic rings. The van der Waals surface area contributed by atoms with Gasteiger partial charge >= 0.3 is 0 Å². The second-order valence-electron chi connectivity index (χ2n) is 5.04. The molecule has 0 fully saturated rings. The number of carbonyl (C=O) groups is 1. The maximum atomic E-state index is 12.2. The van der Waals surface area contributed by atoms with Gasteiger partial charge in [0, 0.05) is 11.3 Å². The summed E-state index contributed by atoms with van der Waals surface area (Å²) in [7, 11) is 0. The maximum absolute atomic E-state index is 12.2. The third kappa shape index (κ3) is 3.48. The monoisotopic (exact) mass is 282 g/mol. The van der Waals surface area contributed by atoms with Gasteiger partial charge in [0.25, 0.3) is 5.91 Å². The summed E-state index contributed by atoms with van der Waals surface area (Å²) in [5, 5.41) is 14.7. The Labute approximate surface area is 124 Å². The fraction of sp³-hybridized carbons (Fsp3) is 0.176. The summed E-state index contributed by atoms with van der Waals surface area (Å²) in [6, 6.07) is 12.9. The predicted molar refractivity (Wildman–Crippen MR) is 84.3 cm³/mol. The molecule has 0 heterocycles. The average molecular weight is 282 g/mol. The third-order valence-corrected chi connectivity index (χ3v) is 3.34. The lowest BCUT2D eigenvalue weighted by molar-refractivity contribution is 0.102. The van der Waals surface area contributed by atoms with Crippen molar-refractivity contribution >= 4 is 17.3 Å². The molecule has 4 nitrogen and oxygen atoms in total. The molecule has 0 radical (unpaired) electrons. The molecular weight excluding hydrogens is 264 g/mol. The largest absolute Gasteiger partial charge is 0.411 e. The SMILES string of the molecule is C/C(=N\O)c1ccc(NC(=O)c2ccc(C)cc2C)cc1. The highest BCUT2D eigenvalue weighted by molar-refractivity contribution is 6.05. The molecule has 0 aliphatic heterocycles. The van der Waals surface area contributed by atoms with Gasteiger partial charge in [0.2, 0.25) is 0 Å². The van der Waals surface area contributed by atoms with Crippen LogP contribution in [0.15, 0.2) is 47.6 Å². The Bertz CT molecular complexity index is 688. The highest BCUT2D eigenvalue weighted by Crippen LogP contribution is 2.15. The Morgan fingerprint density at radius 3 is 2.33 bits per heavy atom. The first-order valence-corrected chi connectivity index (χ1v) is 6.69. The summed E-state index contributed by atoms with van der Waals surface area (Å²) >= 11 is 0. The molecule has 2 rings (SSSR count). The standard InChI is InChI=1S/C17H18N2O2/c1-11-4-9-16(12(2)10-11)17(20)18-15-7-5-14(6-8-15)13(3)19-21/h4-10,21H,1-3H3,(H,18,20)/b19-13+. The number of hydrogen-bond donors (Lipinski definition) is 2. The van der Waals surface area contributed by atoms with E-state index in [9.17, 15) is 4.79 Å². The van der Waals surface area contributed by atoms with Crippen molar-refractivity contribution in [3.8, 4) is 0 Å². The van der Waals surface area contributed by atoms with Gasteiger partial charge in [-0.15, -0.1) is 0 Å². The minimum absolute atomic E-state index is 0.132. The van der Waals surface area contributed by atoms with Crippen LogP contribution in [0.25, 0.3) is 0 Å². The van der Waals surface area contributed by atoms with Crippen LogP contribution in [0, 0.1) is 13.8 Å². The normalized spacial score (nSPS) is 11.3. The van der Waals surface area contributed by atoms with E-state index in [1.54, 1.807) is 31.2 Å². The van der Waals surface area contributed by atoms with E-state index >= 15 is 0 Å². The fourth-order valence-electron chi connectivity index (χ4n) is 2.12. The van der Waals surface area contributed by atoms with E-state index in [2.05, 4.69) is 10.5 Å². The molecule has 0 aromatic heterocycles. The van der Waals surface area contributed by atoms with E-state index in [0.29, 0.717) is 17.0 Å². The van der Waals surface area contributed by atoms with Crippen LogP contribution in [-0.2, 0) is 0 Å². The lowest BCUT2D eigenvalue weighted by Gasteiger charge is -2.09. The van der Waals surface area contributed by atoms with Crippen LogP contribution >= 0.6 is 0 Å². The van der Waals surface area contributed by atoms with Crippen molar-refractivity contribution in [2.24, 2.45) is 5.16 Å². The lowest BCUT2D eigenvalue weighted by atomic mass is 10.0. The highest BCUT2D eigenvalue weighted by Gasteiger charge is 2.09. The zero-order valence-electron chi connectivity index (χ0n) is 12.3. The minimum atomic E-state index is -0.132. The van der Waals surface area contributed by atoms with Crippen molar-refractivity contribution < 1.29 is 10.0 Å². The summed E-state index contributed by atoms with van der Waals surface area (Å²) in [6.45, 7) is 5.63. The number of hydrogen-bond acceptors (Lipinski definition) is 3. The van der Waals surface area contributed by atoms with Crippen molar-refractivity contribution in [1.29, 1.82) is 0 Å². The number of rotatable bonds is 3. The molecule has 2 N–H and O–H groups in total. The number of amides is 1. The van der Waals surface area contributed by atoms with Crippen molar-refractivity contribution in [2.45, 2.75) is 20.8 Å². The molecule has 0 atom stereocenters. The van der Waals surface area contributed by atoms with Crippen LogP contribution in [0.1, 0.15) is 34.0 Å². The van der Waals surface area contributed by atoms with Crippen molar-refractivity contribution in [1.82, 2.24) is 0 Å². The summed E-state index contributed by atoms with van der Waals surface area (Å²) in [5.74, 6) is -0.132. The summed E-state index contributed by atoms with van der Waals surface area (Å²) < 4.78 is 0. The number of nitrogens with one attached hydrogen (secondary N) is 1. The molecule has 0 bridgehead atoms. The van der Waals surface area contributed by atoms with Gasteiger partial charge in [0.1, 0.15) is 0 Å². The number of benzene rings is 2. The number of carbonyl (C=O) groups excluding carboxylic acids is 1. The first-order valence-electron chi connectivity index (χ1n) is 6.69. The topological polar surface area (TPSA) is 61.7 Å². The predicted octanol–water partition coefficient (Wildman–Crippen LogP) is 3.75. The number of nitrogens with zero attached hydrogens (tertiary/aromatic N) is 1. The molecule has 4 heteroatoms. The first-order chi connectivity index (χ1) is 10.0. The molecule has 1 amide bonds. The smallest absolute Gasteiger partial charge is 0.255 e. The maximum Gasteiger partial charge on any atom is 0.255 e. The molecule has 0 spiro atoms. The lowest BCUT2D eigenvalue weighted by Crippen LogP contribution is -2.13. The van der Waals surface area contributed by atoms with Gasteiger partial charge in [-0.1, -0.05) is 35.0 Å². The second-order valence-corrected chi connectivity index (χ2v) is 5.04. The Hall–Kier alpha value is -2.62. The quantitative estimate of drug-likeness (QED) is 0.511. The molecule has 108 valence electrons. The Balaban J connectivity index is 2.16. The summed E-state index contributed by atoms with van der Waals surface area (Å²) in [5.41, 5.74) is 4.79. The Morgan fingerprint density at radius 1 is 1.10 bits per heavy atom. The van der Waals surface area contributed by atoms with Gasteiger partial charge in [-0.25, -0.2) is 0 Å². The van der Waals surface area contributed by atoms with Gasteiger partial charge < -0.3 is 10.5 Å². The van der Waals surface area contributed by atoms with Gasteiger partial charge in [-0.3, -0.25) is 4.79 Å². The van der Waals surface area contributed by atoms with E-state index in [-0.39, 0.29) is 5.91 Å². The van der Waals surface area contributed by atoms with Crippen LogP contribution in [0.5, 0.6) is 0 Å². The molecule has 0 aliphatic rings. The van der Waals surface area contributed by atoms with E-state index in [1.807, 2.05) is 32.0 Å². The third-order valence-electron chi connectivity index (χ3n) is 3.34. The Morgan fingerprint density at radius 2 is 1.76 bits per heavy atom. The van der Waals surface area contributed by atoms with Crippen LogP contribution in [-0.4, -0.2) is 16.8 Å². The van der Waals surface area contributed by atoms with E-state index < -0.39 is 0 Å². The minimum Gasteiger partial charge on any atom is -0.411 e. The highest BCUT2D eigenvalue weighted by atomic mass is 16.4. The molecule has 2 aromatic carbocycles. The number of anilines is 1. The molecule has 0 saturated heterocycles. The van der Waals surface area contributed by atoms with Crippen molar-refractivity contribution in [2.75, 3.05) is 5.32 Å². The Kier molecular flexibility index (Phi) is 4.38. The van der Waals surface area contributed by atoms with Crippen LogP contribution in [0.2, 0.25) is 0 Å². The molecule has 0 aliphatic carbocycles. The fourth-order valence-corrected chi connectivity index (χ4v) is 2.12. The van der Waals surface area contributed by atoms with Gasteiger partial charge in [-0.05, 0) is 50.1 Å². The summed E-state index contributed by atoms with van der Waals surface area (Å²) in [6.07, 6.45) is 0. The van der Waals surface area contributed by atoms with E-state index in [0.717, 1.165) is 16.7 Å². The van der Waals surface area contributed by atoms with Crippen LogP contribution in [0.4, 0.5) is 5.69 Å². The molecule has 0 unspecified atom stereocenters. The molecular formula is C17H18N2O2. The molecule has 21 heavy (non-hydrogen) atoms. The summed E-state index contributed by atoms with van der Waals surface area (Å²) in [4.78, 5) is 12.2. The zero-order chi connectivity index (χ0) is 15.4. The zero-order valence-corrected chi connectivity index (χ0v) is 12.3. The van der Waals surface area contributed by atoms with E-state index in [1.165, 1.54) is 0 Å². The van der Waals surface area contributed by atoms with Gasteiger partial charge in [-0.2, -0.15) is 0 Å². The van der Waals surface area contributed by atoms with Gasteiger partial charge in [0.05, 0.1) is 5.71 Å². The van der Waals surface area contributed by atoms with Crippen molar-refractivity contribution in [3.63, 3.8) is 0 Å². The van der Waals surface area contributed by atoms with Gasteiger partial charge in [0.15, 0.2) is 0 Å². The number of aryl methyl sites for hydroxylation is 2. The second kappa shape index (κ2) is 6.22. The van der Waals surface area contributed by atoms with Crippen LogP contribution in [0.3, 0.4) is 0 Å². The average Bonchev–Trinajstić information content (AvgIpc) is 2.47.